The zero-order valence-electron chi connectivity index (χ0n) is 6.40. The number of aromatic nitrogens is 1. The number of nitrogen functional groups attached to an aromatic ring is 1. The zero-order valence-corrected chi connectivity index (χ0v) is 6.40. The molecular formula is C8H9FN2O. The molecule has 1 aliphatic rings. The lowest BCUT2D eigenvalue weighted by Gasteiger charge is -2.02. The van der Waals surface area contributed by atoms with Crippen molar-refractivity contribution in [3.8, 4) is 0 Å². The van der Waals surface area contributed by atoms with Gasteiger partial charge in [0, 0.05) is 12.6 Å². The van der Waals surface area contributed by atoms with E-state index in [4.69, 9.17) is 5.73 Å². The zero-order chi connectivity index (χ0) is 8.72. The van der Waals surface area contributed by atoms with Crippen LogP contribution in [-0.4, -0.2) is 10.7 Å². The van der Waals surface area contributed by atoms with Crippen molar-refractivity contribution >= 4 is 5.69 Å². The predicted octanol–water partition coefficient (Wildman–Crippen LogP) is 0.713. The van der Waals surface area contributed by atoms with Crippen molar-refractivity contribution in [2.75, 3.05) is 5.73 Å². The fourth-order valence-corrected chi connectivity index (χ4v) is 1.23. The number of alkyl halides is 1. The molecule has 1 aliphatic carbocycles. The minimum Gasteiger partial charge on any atom is -0.394 e. The van der Waals surface area contributed by atoms with E-state index >= 15 is 0 Å². The number of halogens is 1. The van der Waals surface area contributed by atoms with Crippen molar-refractivity contribution < 1.29 is 4.39 Å². The van der Waals surface area contributed by atoms with Crippen LogP contribution in [0.5, 0.6) is 0 Å². The third-order valence-electron chi connectivity index (χ3n) is 2.04. The van der Waals surface area contributed by atoms with Crippen LogP contribution in [-0.2, 0) is 0 Å². The monoisotopic (exact) mass is 168 g/mol. The minimum atomic E-state index is -0.871. The largest absolute Gasteiger partial charge is 0.394 e. The first-order valence-electron chi connectivity index (χ1n) is 3.81. The molecule has 1 saturated carbocycles. The number of rotatable bonds is 1. The molecule has 0 amide bonds. The second-order valence-electron chi connectivity index (χ2n) is 2.99. The van der Waals surface area contributed by atoms with Gasteiger partial charge in [-0.3, -0.25) is 4.79 Å². The summed E-state index contributed by atoms with van der Waals surface area (Å²) in [6, 6.07) is 2.90. The topological polar surface area (TPSA) is 48.0 Å². The smallest absolute Gasteiger partial charge is 0.274 e. The van der Waals surface area contributed by atoms with Gasteiger partial charge in [-0.15, -0.1) is 0 Å². The van der Waals surface area contributed by atoms with Crippen LogP contribution in [0.25, 0.3) is 0 Å². The molecule has 0 aromatic carbocycles. The summed E-state index contributed by atoms with van der Waals surface area (Å²) in [5.41, 5.74) is 5.26. The summed E-state index contributed by atoms with van der Waals surface area (Å²) < 4.78 is 13.9. The first-order valence-corrected chi connectivity index (χ1v) is 3.81. The maximum absolute atomic E-state index is 12.6. The molecule has 1 heterocycles. The summed E-state index contributed by atoms with van der Waals surface area (Å²) >= 11 is 0. The third kappa shape index (κ3) is 0.995. The average Bonchev–Trinajstić information content (AvgIpc) is 2.73. The lowest BCUT2D eigenvalue weighted by molar-refractivity contribution is 0.438. The van der Waals surface area contributed by atoms with Crippen LogP contribution < -0.4 is 11.3 Å². The van der Waals surface area contributed by atoms with Gasteiger partial charge in [0.15, 0.2) is 0 Å². The lowest BCUT2D eigenvalue weighted by Crippen LogP contribution is -2.21. The molecule has 3 nitrogen and oxygen atoms in total. The highest BCUT2D eigenvalue weighted by Crippen LogP contribution is 2.37. The van der Waals surface area contributed by atoms with Gasteiger partial charge in [-0.1, -0.05) is 0 Å². The van der Waals surface area contributed by atoms with Crippen molar-refractivity contribution in [2.24, 2.45) is 0 Å². The first-order chi connectivity index (χ1) is 5.70. The molecule has 12 heavy (non-hydrogen) atoms. The molecule has 1 fully saturated rings. The van der Waals surface area contributed by atoms with Gasteiger partial charge in [-0.2, -0.15) is 0 Å². The highest BCUT2D eigenvalue weighted by molar-refractivity contribution is 5.34. The standard InChI is InChI=1S/C8H9FN2O/c9-5-4-7(5)11-3-1-2-6(10)8(11)12/h1-3,5,7H,4,10H2/t5-,7+/m0/s1. The van der Waals surface area contributed by atoms with E-state index in [1.165, 1.54) is 10.6 Å². The van der Waals surface area contributed by atoms with Crippen molar-refractivity contribution in [1.29, 1.82) is 0 Å². The van der Waals surface area contributed by atoms with E-state index in [0.29, 0.717) is 6.42 Å². The van der Waals surface area contributed by atoms with Gasteiger partial charge in [0.1, 0.15) is 6.17 Å². The number of pyridine rings is 1. The fourth-order valence-electron chi connectivity index (χ4n) is 1.23. The Morgan fingerprint density at radius 1 is 1.67 bits per heavy atom. The Morgan fingerprint density at radius 3 is 2.92 bits per heavy atom. The average molecular weight is 168 g/mol. The Bertz CT molecular complexity index is 360. The maximum atomic E-state index is 12.6. The molecule has 2 atom stereocenters. The van der Waals surface area contributed by atoms with E-state index in [2.05, 4.69) is 0 Å². The number of nitrogens with zero attached hydrogens (tertiary/aromatic N) is 1. The molecule has 0 saturated heterocycles. The maximum Gasteiger partial charge on any atom is 0.274 e. The number of anilines is 1. The van der Waals surface area contributed by atoms with Crippen LogP contribution in [0.2, 0.25) is 0 Å². The van der Waals surface area contributed by atoms with Crippen LogP contribution in [0, 0.1) is 0 Å². The summed E-state index contributed by atoms with van der Waals surface area (Å²) in [6.07, 6.45) is 1.14. The second kappa shape index (κ2) is 2.33. The number of hydrogen-bond donors (Lipinski definition) is 1. The predicted molar refractivity (Wildman–Crippen MR) is 43.7 cm³/mol. The summed E-state index contributed by atoms with van der Waals surface area (Å²) in [6.45, 7) is 0. The summed E-state index contributed by atoms with van der Waals surface area (Å²) in [5.74, 6) is 0. The van der Waals surface area contributed by atoms with E-state index < -0.39 is 6.17 Å². The quantitative estimate of drug-likeness (QED) is 0.671. The third-order valence-corrected chi connectivity index (χ3v) is 2.04. The number of hydrogen-bond acceptors (Lipinski definition) is 2. The van der Waals surface area contributed by atoms with Crippen LogP contribution in [0.15, 0.2) is 23.1 Å². The normalized spacial score (nSPS) is 27.1. The van der Waals surface area contributed by atoms with Crippen LogP contribution in [0.4, 0.5) is 10.1 Å². The minimum absolute atomic E-state index is 0.177. The highest BCUT2D eigenvalue weighted by Gasteiger charge is 2.39. The van der Waals surface area contributed by atoms with Crippen molar-refractivity contribution in [2.45, 2.75) is 18.6 Å². The van der Waals surface area contributed by atoms with Crippen LogP contribution in [0.3, 0.4) is 0 Å². The summed E-state index contributed by atoms with van der Waals surface area (Å²) in [7, 11) is 0. The molecule has 0 spiro atoms. The molecule has 0 bridgehead atoms. The van der Waals surface area contributed by atoms with Crippen molar-refractivity contribution in [3.05, 3.63) is 28.7 Å². The summed E-state index contributed by atoms with van der Waals surface area (Å²) in [5, 5.41) is 0. The van der Waals surface area contributed by atoms with Gasteiger partial charge in [-0.05, 0) is 12.1 Å². The molecule has 0 unspecified atom stereocenters. The number of nitrogens with two attached hydrogens (primary N) is 1. The Morgan fingerprint density at radius 2 is 2.33 bits per heavy atom. The van der Waals surface area contributed by atoms with Gasteiger partial charge >= 0.3 is 0 Å². The molecule has 2 rings (SSSR count). The van der Waals surface area contributed by atoms with E-state index in [1.807, 2.05) is 0 Å². The van der Waals surface area contributed by atoms with Crippen LogP contribution in [0.1, 0.15) is 12.5 Å². The van der Waals surface area contributed by atoms with Gasteiger partial charge in [0.2, 0.25) is 0 Å². The van der Waals surface area contributed by atoms with Crippen LogP contribution >= 0.6 is 0 Å². The van der Waals surface area contributed by atoms with Crippen molar-refractivity contribution in [1.82, 2.24) is 4.57 Å². The second-order valence-corrected chi connectivity index (χ2v) is 2.99. The molecule has 2 N–H and O–H groups in total. The van der Waals surface area contributed by atoms with E-state index in [1.54, 1.807) is 12.3 Å². The van der Waals surface area contributed by atoms with E-state index in [0.717, 1.165) is 0 Å². The lowest BCUT2D eigenvalue weighted by atomic mass is 10.4. The van der Waals surface area contributed by atoms with E-state index in [-0.39, 0.29) is 17.3 Å². The molecule has 0 radical (unpaired) electrons. The highest BCUT2D eigenvalue weighted by atomic mass is 19.1. The van der Waals surface area contributed by atoms with E-state index in [9.17, 15) is 9.18 Å². The summed E-state index contributed by atoms with van der Waals surface area (Å²) in [4.78, 5) is 11.3. The van der Waals surface area contributed by atoms with Gasteiger partial charge in [0.05, 0.1) is 11.7 Å². The Hall–Kier alpha value is -1.32. The molecule has 1 aromatic heterocycles. The molecule has 4 heteroatoms. The fraction of sp³-hybridized carbons (Fsp3) is 0.375. The molecule has 64 valence electrons. The molecular weight excluding hydrogens is 159 g/mol. The Kier molecular flexibility index (Phi) is 1.43. The molecule has 0 aliphatic heterocycles. The SMILES string of the molecule is Nc1cccn([C@@H]2C[C@@H]2F)c1=O. The molecule has 1 aromatic rings. The van der Waals surface area contributed by atoms with Gasteiger partial charge < -0.3 is 10.3 Å². The van der Waals surface area contributed by atoms with Gasteiger partial charge in [-0.25, -0.2) is 4.39 Å². The first kappa shape index (κ1) is 7.34. The Labute approximate surface area is 68.6 Å². The Balaban J connectivity index is 2.45. The van der Waals surface area contributed by atoms with Crippen molar-refractivity contribution in [3.63, 3.8) is 0 Å². The van der Waals surface area contributed by atoms with Gasteiger partial charge in [0.25, 0.3) is 5.56 Å².